The zero-order chi connectivity index (χ0) is 12.6. The quantitative estimate of drug-likeness (QED) is 0.788. The lowest BCUT2D eigenvalue weighted by molar-refractivity contribution is 0.0144. The molecule has 0 amide bonds. The Morgan fingerprint density at radius 1 is 1.06 bits per heavy atom. The van der Waals surface area contributed by atoms with Crippen LogP contribution < -0.4 is 5.32 Å². The fourth-order valence-electron chi connectivity index (χ4n) is 3.27. The Morgan fingerprint density at radius 2 is 1.78 bits per heavy atom. The molecular weight excluding hydrogens is 224 g/mol. The summed E-state index contributed by atoms with van der Waals surface area (Å²) in [5, 5.41) is 3.73. The summed E-state index contributed by atoms with van der Waals surface area (Å²) >= 11 is 0. The second-order valence-electron chi connectivity index (χ2n) is 5.79. The monoisotopic (exact) mass is 254 g/mol. The molecule has 0 unspecified atom stereocenters. The predicted octanol–water partition coefficient (Wildman–Crippen LogP) is 2.41. The summed E-state index contributed by atoms with van der Waals surface area (Å²) in [7, 11) is 0. The van der Waals surface area contributed by atoms with Crippen LogP contribution >= 0.6 is 0 Å². The van der Waals surface area contributed by atoms with Gasteiger partial charge in [0.2, 0.25) is 0 Å². The van der Waals surface area contributed by atoms with Gasteiger partial charge in [0.1, 0.15) is 0 Å². The first-order chi connectivity index (χ1) is 8.88. The number of nitrogens with zero attached hydrogens (tertiary/aromatic N) is 1. The molecule has 0 bridgehead atoms. The number of ether oxygens (including phenoxy) is 1. The molecule has 2 rings (SSSR count). The van der Waals surface area contributed by atoms with Gasteiger partial charge in [-0.05, 0) is 32.6 Å². The predicted molar refractivity (Wildman–Crippen MR) is 76.0 cm³/mol. The molecule has 2 fully saturated rings. The Bertz CT molecular complexity index is 209. The molecule has 1 N–H and O–H groups in total. The van der Waals surface area contributed by atoms with Crippen molar-refractivity contribution in [3.05, 3.63) is 0 Å². The molecule has 0 spiro atoms. The molecule has 1 heterocycles. The van der Waals surface area contributed by atoms with E-state index in [0.29, 0.717) is 6.10 Å². The minimum atomic E-state index is 0.526. The number of hydrogen-bond acceptors (Lipinski definition) is 3. The van der Waals surface area contributed by atoms with E-state index in [-0.39, 0.29) is 0 Å². The maximum absolute atomic E-state index is 5.69. The number of likely N-dealkylation sites (tertiary alicyclic amines) is 1. The van der Waals surface area contributed by atoms with E-state index in [4.69, 9.17) is 4.74 Å². The average molecular weight is 254 g/mol. The molecule has 3 nitrogen and oxygen atoms in total. The molecule has 106 valence electrons. The third kappa shape index (κ3) is 4.87. The first-order valence-corrected chi connectivity index (χ1v) is 7.96. The van der Waals surface area contributed by atoms with Gasteiger partial charge in [-0.15, -0.1) is 0 Å². The van der Waals surface area contributed by atoms with Gasteiger partial charge in [-0.3, -0.25) is 0 Å². The minimum Gasteiger partial charge on any atom is -0.378 e. The van der Waals surface area contributed by atoms with Crippen molar-refractivity contribution in [2.24, 2.45) is 0 Å². The third-order valence-electron chi connectivity index (χ3n) is 4.40. The van der Waals surface area contributed by atoms with Crippen LogP contribution in [0.1, 0.15) is 51.9 Å². The van der Waals surface area contributed by atoms with E-state index in [0.717, 1.165) is 12.6 Å². The third-order valence-corrected chi connectivity index (χ3v) is 4.40. The number of hydrogen-bond donors (Lipinski definition) is 1. The molecule has 1 aliphatic carbocycles. The second kappa shape index (κ2) is 8.13. The summed E-state index contributed by atoms with van der Waals surface area (Å²) in [6, 6.07) is 0.805. The van der Waals surface area contributed by atoms with Crippen LogP contribution in [-0.2, 0) is 4.74 Å². The van der Waals surface area contributed by atoms with Gasteiger partial charge >= 0.3 is 0 Å². The highest BCUT2D eigenvalue weighted by atomic mass is 16.5. The van der Waals surface area contributed by atoms with Gasteiger partial charge < -0.3 is 15.0 Å². The fraction of sp³-hybridized carbons (Fsp3) is 1.00. The molecule has 1 aliphatic heterocycles. The minimum absolute atomic E-state index is 0.526. The van der Waals surface area contributed by atoms with Gasteiger partial charge in [0, 0.05) is 38.8 Å². The van der Waals surface area contributed by atoms with Crippen molar-refractivity contribution in [3.63, 3.8) is 0 Å². The van der Waals surface area contributed by atoms with E-state index in [2.05, 4.69) is 17.1 Å². The average Bonchev–Trinajstić information content (AvgIpc) is 2.42. The molecule has 1 saturated carbocycles. The van der Waals surface area contributed by atoms with Crippen LogP contribution in [-0.4, -0.2) is 49.8 Å². The smallest absolute Gasteiger partial charge is 0.0599 e. The van der Waals surface area contributed by atoms with Crippen molar-refractivity contribution < 1.29 is 4.74 Å². The SMILES string of the molecule is CCOC1CCN(CCNC2CCCCC2)CC1. The Balaban J connectivity index is 1.52. The molecule has 0 aromatic rings. The van der Waals surface area contributed by atoms with Gasteiger partial charge in [0.25, 0.3) is 0 Å². The summed E-state index contributed by atoms with van der Waals surface area (Å²) < 4.78 is 5.69. The van der Waals surface area contributed by atoms with Gasteiger partial charge in [0.15, 0.2) is 0 Å². The van der Waals surface area contributed by atoms with E-state index in [9.17, 15) is 0 Å². The Morgan fingerprint density at radius 3 is 2.44 bits per heavy atom. The van der Waals surface area contributed by atoms with E-state index in [1.807, 2.05) is 0 Å². The zero-order valence-corrected chi connectivity index (χ0v) is 12.0. The lowest BCUT2D eigenvalue weighted by Crippen LogP contribution is -2.42. The summed E-state index contributed by atoms with van der Waals surface area (Å²) in [5.74, 6) is 0. The maximum atomic E-state index is 5.69. The van der Waals surface area contributed by atoms with Crippen molar-refractivity contribution in [2.45, 2.75) is 64.0 Å². The van der Waals surface area contributed by atoms with Gasteiger partial charge in [-0.25, -0.2) is 0 Å². The molecule has 2 aliphatic rings. The molecule has 3 heteroatoms. The van der Waals surface area contributed by atoms with Crippen molar-refractivity contribution in [3.8, 4) is 0 Å². The Labute approximate surface area is 112 Å². The summed E-state index contributed by atoms with van der Waals surface area (Å²) in [4.78, 5) is 2.59. The first-order valence-electron chi connectivity index (χ1n) is 7.96. The topological polar surface area (TPSA) is 24.5 Å². The van der Waals surface area contributed by atoms with Crippen LogP contribution in [0.25, 0.3) is 0 Å². The van der Waals surface area contributed by atoms with Crippen LogP contribution in [0, 0.1) is 0 Å². The van der Waals surface area contributed by atoms with E-state index in [1.54, 1.807) is 0 Å². The van der Waals surface area contributed by atoms with Crippen LogP contribution in [0.3, 0.4) is 0 Å². The molecule has 18 heavy (non-hydrogen) atoms. The van der Waals surface area contributed by atoms with Crippen molar-refractivity contribution in [1.29, 1.82) is 0 Å². The number of nitrogens with one attached hydrogen (secondary N) is 1. The number of piperidine rings is 1. The highest BCUT2D eigenvalue weighted by Crippen LogP contribution is 2.17. The van der Waals surface area contributed by atoms with Gasteiger partial charge in [0.05, 0.1) is 6.10 Å². The summed E-state index contributed by atoms with van der Waals surface area (Å²) in [6.07, 6.45) is 10.1. The Kier molecular flexibility index (Phi) is 6.46. The van der Waals surface area contributed by atoms with E-state index >= 15 is 0 Å². The lowest BCUT2D eigenvalue weighted by Gasteiger charge is -2.32. The molecule has 1 saturated heterocycles. The second-order valence-corrected chi connectivity index (χ2v) is 5.79. The first kappa shape index (κ1) is 14.3. The summed E-state index contributed by atoms with van der Waals surface area (Å²) in [6.45, 7) is 7.79. The molecular formula is C15H30N2O. The number of rotatable bonds is 6. The molecule has 0 atom stereocenters. The molecule has 0 aromatic heterocycles. The van der Waals surface area contributed by atoms with Crippen molar-refractivity contribution in [1.82, 2.24) is 10.2 Å². The maximum Gasteiger partial charge on any atom is 0.0599 e. The van der Waals surface area contributed by atoms with Crippen LogP contribution in [0.5, 0.6) is 0 Å². The normalized spacial score (nSPS) is 24.5. The Hall–Kier alpha value is -0.120. The molecule has 0 radical (unpaired) electrons. The van der Waals surface area contributed by atoms with Gasteiger partial charge in [-0.1, -0.05) is 19.3 Å². The van der Waals surface area contributed by atoms with Crippen molar-refractivity contribution in [2.75, 3.05) is 32.8 Å². The fourth-order valence-corrected chi connectivity index (χ4v) is 3.27. The standard InChI is InChI=1S/C15H30N2O/c1-2-18-15-8-11-17(12-9-15)13-10-16-14-6-4-3-5-7-14/h14-16H,2-13H2,1H3. The van der Waals surface area contributed by atoms with Crippen LogP contribution in [0.2, 0.25) is 0 Å². The highest BCUT2D eigenvalue weighted by Gasteiger charge is 2.19. The summed E-state index contributed by atoms with van der Waals surface area (Å²) in [5.41, 5.74) is 0. The van der Waals surface area contributed by atoms with Crippen molar-refractivity contribution >= 4 is 0 Å². The zero-order valence-electron chi connectivity index (χ0n) is 12.0. The largest absolute Gasteiger partial charge is 0.378 e. The molecule has 0 aromatic carbocycles. The highest BCUT2D eigenvalue weighted by molar-refractivity contribution is 4.75. The van der Waals surface area contributed by atoms with Crippen LogP contribution in [0.4, 0.5) is 0 Å². The van der Waals surface area contributed by atoms with E-state index in [1.165, 1.54) is 71.1 Å². The lowest BCUT2D eigenvalue weighted by atomic mass is 9.95. The van der Waals surface area contributed by atoms with Crippen LogP contribution in [0.15, 0.2) is 0 Å². The van der Waals surface area contributed by atoms with E-state index < -0.39 is 0 Å². The van der Waals surface area contributed by atoms with Gasteiger partial charge in [-0.2, -0.15) is 0 Å².